The van der Waals surface area contributed by atoms with Crippen LogP contribution in [0.1, 0.15) is 39.0 Å². The van der Waals surface area contributed by atoms with E-state index in [1.165, 1.54) is 30.2 Å². The van der Waals surface area contributed by atoms with Gasteiger partial charge in [0.2, 0.25) is 0 Å². The average molecular weight is 233 g/mol. The van der Waals surface area contributed by atoms with Gasteiger partial charge in [-0.15, -0.1) is 0 Å². The number of hydrogen-bond donors (Lipinski definition) is 0. The van der Waals surface area contributed by atoms with Crippen LogP contribution in [0, 0.1) is 0 Å². The molecule has 0 fully saturated rings. The first-order valence-electron chi connectivity index (χ1n) is 5.27. The predicted octanol–water partition coefficient (Wildman–Crippen LogP) is 3.51. The molecular formula is C12H18MnO. The predicted molar refractivity (Wildman–Crippen MR) is 56.5 cm³/mol. The van der Waals surface area contributed by atoms with Gasteiger partial charge in [0.1, 0.15) is 0 Å². The Bertz CT molecular complexity index is 283. The molecule has 0 aromatic rings. The van der Waals surface area contributed by atoms with Crippen molar-refractivity contribution in [2.24, 2.45) is 0 Å². The van der Waals surface area contributed by atoms with Crippen molar-refractivity contribution in [3.8, 4) is 0 Å². The van der Waals surface area contributed by atoms with Crippen molar-refractivity contribution in [2.75, 3.05) is 0 Å². The van der Waals surface area contributed by atoms with Crippen molar-refractivity contribution in [1.29, 1.82) is 0 Å². The second kappa shape index (κ2) is 6.95. The Kier molecular flexibility index (Phi) is 5.78. The third-order valence-electron chi connectivity index (χ3n) is 2.29. The second-order valence-electron chi connectivity index (χ2n) is 3.43. The van der Waals surface area contributed by atoms with Crippen molar-refractivity contribution in [1.82, 2.24) is 0 Å². The van der Waals surface area contributed by atoms with Crippen LogP contribution in [0.25, 0.3) is 0 Å². The van der Waals surface area contributed by atoms with E-state index in [4.69, 9.17) is 0 Å². The number of allylic oxidation sites excluding steroid dienone is 4. The van der Waals surface area contributed by atoms with E-state index in [1.54, 1.807) is 0 Å². The SMILES string of the molecule is CCCCC[CH2][Mn](=[C]=O)[C]1=CC=CC1. The normalized spacial score (nSPS) is 14.6. The van der Waals surface area contributed by atoms with Gasteiger partial charge in [-0.1, -0.05) is 0 Å². The summed E-state index contributed by atoms with van der Waals surface area (Å²) in [6, 6.07) is 0. The van der Waals surface area contributed by atoms with Gasteiger partial charge in [-0.05, 0) is 0 Å². The molecule has 0 radical (unpaired) electrons. The van der Waals surface area contributed by atoms with E-state index in [9.17, 15) is 4.79 Å². The first kappa shape index (κ1) is 11.7. The molecule has 0 amide bonds. The summed E-state index contributed by atoms with van der Waals surface area (Å²) in [5, 5.41) is 1.09. The summed E-state index contributed by atoms with van der Waals surface area (Å²) >= 11 is -0.972. The van der Waals surface area contributed by atoms with Gasteiger partial charge in [0, 0.05) is 0 Å². The van der Waals surface area contributed by atoms with E-state index < -0.39 is 13.5 Å². The summed E-state index contributed by atoms with van der Waals surface area (Å²) in [6.07, 6.45) is 12.3. The molecule has 79 valence electrons. The van der Waals surface area contributed by atoms with E-state index in [0.29, 0.717) is 0 Å². The Hall–Kier alpha value is -0.421. The maximum absolute atomic E-state index is 10.8. The molecule has 1 nitrogen and oxygen atoms in total. The van der Waals surface area contributed by atoms with Crippen LogP contribution in [-0.2, 0) is 18.3 Å². The number of carbonyl (C=O) groups excluding carboxylic acids is 1. The molecule has 2 heteroatoms. The van der Waals surface area contributed by atoms with Crippen LogP contribution >= 0.6 is 0 Å². The van der Waals surface area contributed by atoms with Crippen molar-refractivity contribution in [3.05, 3.63) is 22.7 Å². The molecule has 0 saturated carbocycles. The van der Waals surface area contributed by atoms with E-state index in [-0.39, 0.29) is 0 Å². The average Bonchev–Trinajstić information content (AvgIpc) is 2.71. The minimum absolute atomic E-state index is 0.972. The fraction of sp³-hybridized carbons (Fsp3) is 0.583. The fourth-order valence-electron chi connectivity index (χ4n) is 1.45. The molecule has 14 heavy (non-hydrogen) atoms. The van der Waals surface area contributed by atoms with Crippen molar-refractivity contribution in [2.45, 2.75) is 44.3 Å². The molecule has 0 spiro atoms. The number of rotatable bonds is 6. The van der Waals surface area contributed by atoms with Crippen LogP contribution in [0.2, 0.25) is 5.32 Å². The zero-order chi connectivity index (χ0) is 10.2. The Morgan fingerprint density at radius 1 is 1.43 bits per heavy atom. The Balaban J connectivity index is 2.30. The van der Waals surface area contributed by atoms with Gasteiger partial charge in [-0.25, -0.2) is 0 Å². The van der Waals surface area contributed by atoms with Gasteiger partial charge >= 0.3 is 90.1 Å². The van der Waals surface area contributed by atoms with Crippen LogP contribution in [0.5, 0.6) is 0 Å². The van der Waals surface area contributed by atoms with Gasteiger partial charge in [0.15, 0.2) is 0 Å². The van der Waals surface area contributed by atoms with Gasteiger partial charge in [-0.2, -0.15) is 0 Å². The molecule has 1 rings (SSSR count). The molecule has 0 saturated heterocycles. The van der Waals surface area contributed by atoms with Gasteiger partial charge < -0.3 is 0 Å². The molecular weight excluding hydrogens is 215 g/mol. The van der Waals surface area contributed by atoms with Gasteiger partial charge in [0.05, 0.1) is 0 Å². The number of unbranched alkanes of at least 4 members (excludes halogenated alkanes) is 3. The van der Waals surface area contributed by atoms with Crippen LogP contribution in [0.3, 0.4) is 0 Å². The van der Waals surface area contributed by atoms with Gasteiger partial charge in [0.25, 0.3) is 0 Å². The van der Waals surface area contributed by atoms with E-state index in [2.05, 4.69) is 29.9 Å². The zero-order valence-electron chi connectivity index (χ0n) is 8.76. The second-order valence-corrected chi connectivity index (χ2v) is 6.15. The molecule has 1 aliphatic rings. The van der Waals surface area contributed by atoms with Crippen molar-refractivity contribution < 1.29 is 18.3 Å². The maximum atomic E-state index is 10.8. The molecule has 0 aromatic heterocycles. The molecule has 1 aliphatic carbocycles. The Morgan fingerprint density at radius 3 is 2.86 bits per heavy atom. The summed E-state index contributed by atoms with van der Waals surface area (Å²) < 4.78 is 1.35. The first-order chi connectivity index (χ1) is 6.88. The van der Waals surface area contributed by atoms with Crippen LogP contribution < -0.4 is 0 Å². The van der Waals surface area contributed by atoms with E-state index in [0.717, 1.165) is 11.7 Å². The standard InChI is InChI=1S/C6H13.C5H5.CO.Mn/c1-3-5-6-4-2;1-2-4-5-3-1;1-2;/h1,3-6H2,2H3;1-3H,4H2;;. The summed E-state index contributed by atoms with van der Waals surface area (Å²) in [6.45, 7) is 2.21. The quantitative estimate of drug-likeness (QED) is 0.506. The number of hydrogen-bond acceptors (Lipinski definition) is 1. The van der Waals surface area contributed by atoms with Crippen molar-refractivity contribution in [3.63, 3.8) is 0 Å². The van der Waals surface area contributed by atoms with Gasteiger partial charge in [-0.3, -0.25) is 0 Å². The molecule has 0 atom stereocenters. The van der Waals surface area contributed by atoms with Crippen LogP contribution in [0.15, 0.2) is 22.7 Å². The molecule has 0 aliphatic heterocycles. The Labute approximate surface area is 90.3 Å². The van der Waals surface area contributed by atoms with E-state index in [1.807, 2.05) is 0 Å². The van der Waals surface area contributed by atoms with Crippen LogP contribution in [-0.4, -0.2) is 4.79 Å². The molecule has 0 unspecified atom stereocenters. The molecule has 0 N–H and O–H groups in total. The third kappa shape index (κ3) is 3.75. The first-order valence-corrected chi connectivity index (χ1v) is 7.29. The van der Waals surface area contributed by atoms with Crippen LogP contribution in [0.4, 0.5) is 0 Å². The third-order valence-corrected chi connectivity index (χ3v) is 4.94. The van der Waals surface area contributed by atoms with E-state index >= 15 is 0 Å². The molecule has 0 aromatic carbocycles. The monoisotopic (exact) mass is 233 g/mol. The fourth-order valence-corrected chi connectivity index (χ4v) is 3.60. The van der Waals surface area contributed by atoms with Crippen molar-refractivity contribution >= 4 is 4.79 Å². The topological polar surface area (TPSA) is 17.1 Å². The molecule has 0 heterocycles. The summed E-state index contributed by atoms with van der Waals surface area (Å²) in [5.74, 6) is 0. The zero-order valence-corrected chi connectivity index (χ0v) is 9.94. The summed E-state index contributed by atoms with van der Waals surface area (Å²) in [4.78, 5) is 13.1. The summed E-state index contributed by atoms with van der Waals surface area (Å²) in [7, 11) is 0. The molecule has 0 bridgehead atoms. The minimum atomic E-state index is -0.972. The summed E-state index contributed by atoms with van der Waals surface area (Å²) in [5.41, 5.74) is 0. The Morgan fingerprint density at radius 2 is 2.29 bits per heavy atom.